The summed E-state index contributed by atoms with van der Waals surface area (Å²) in [6.07, 6.45) is 2.66. The molecule has 0 aliphatic carbocycles. The molecule has 1 atom stereocenters. The minimum absolute atomic E-state index is 0.0168. The van der Waals surface area contributed by atoms with Gasteiger partial charge in [0.05, 0.1) is 25.5 Å². The molecule has 0 bridgehead atoms. The van der Waals surface area contributed by atoms with Crippen molar-refractivity contribution >= 4 is 0 Å². The van der Waals surface area contributed by atoms with E-state index < -0.39 is 0 Å². The Morgan fingerprint density at radius 1 is 1.00 bits per heavy atom. The van der Waals surface area contributed by atoms with E-state index in [1.165, 1.54) is 0 Å². The highest BCUT2D eigenvalue weighted by Crippen LogP contribution is 2.35. The smallest absolute Gasteiger partial charge is 0.231 e. The Hall–Kier alpha value is -3.25. The minimum atomic E-state index is -0.0168. The van der Waals surface area contributed by atoms with Crippen LogP contribution in [0.25, 0.3) is 0 Å². The zero-order valence-electron chi connectivity index (χ0n) is 16.3. The fourth-order valence-corrected chi connectivity index (χ4v) is 3.24. The van der Waals surface area contributed by atoms with Gasteiger partial charge in [0.15, 0.2) is 11.5 Å². The van der Waals surface area contributed by atoms with E-state index in [1.807, 2.05) is 60.8 Å². The number of ether oxygens (including phenoxy) is 4. The molecule has 0 saturated carbocycles. The van der Waals surface area contributed by atoms with Crippen LogP contribution in [0.5, 0.6) is 23.0 Å². The largest absolute Gasteiger partial charge is 0.497 e. The SMILES string of the molecule is COc1cccc([C@@H](NCCCOc2ccc3c(c2)OCO3)c2ccccn2)c1. The molecule has 1 aliphatic rings. The first-order chi connectivity index (χ1) is 14.3. The van der Waals surface area contributed by atoms with E-state index in [4.69, 9.17) is 18.9 Å². The summed E-state index contributed by atoms with van der Waals surface area (Å²) < 4.78 is 21.9. The normalized spacial score (nSPS) is 13.1. The van der Waals surface area contributed by atoms with Gasteiger partial charge in [-0.3, -0.25) is 4.98 Å². The first kappa shape index (κ1) is 19.1. The van der Waals surface area contributed by atoms with Crippen LogP contribution in [-0.4, -0.2) is 32.0 Å². The van der Waals surface area contributed by atoms with Gasteiger partial charge in [0.2, 0.25) is 6.79 Å². The number of nitrogens with one attached hydrogen (secondary N) is 1. The molecule has 29 heavy (non-hydrogen) atoms. The van der Waals surface area contributed by atoms with Crippen LogP contribution in [0.4, 0.5) is 0 Å². The third-order valence-corrected chi connectivity index (χ3v) is 4.69. The Morgan fingerprint density at radius 2 is 1.93 bits per heavy atom. The summed E-state index contributed by atoms with van der Waals surface area (Å²) in [6.45, 7) is 1.64. The molecule has 6 heteroatoms. The van der Waals surface area contributed by atoms with Crippen LogP contribution in [0.15, 0.2) is 66.9 Å². The summed E-state index contributed by atoms with van der Waals surface area (Å²) in [5, 5.41) is 3.59. The van der Waals surface area contributed by atoms with Crippen molar-refractivity contribution in [2.75, 3.05) is 27.1 Å². The van der Waals surface area contributed by atoms with Crippen LogP contribution in [0.1, 0.15) is 23.7 Å². The van der Waals surface area contributed by atoms with Crippen LogP contribution < -0.4 is 24.3 Å². The maximum Gasteiger partial charge on any atom is 0.231 e. The fourth-order valence-electron chi connectivity index (χ4n) is 3.24. The molecule has 2 aromatic carbocycles. The fraction of sp³-hybridized carbons (Fsp3) is 0.261. The molecule has 0 saturated heterocycles. The molecule has 0 fully saturated rings. The zero-order valence-corrected chi connectivity index (χ0v) is 16.3. The van der Waals surface area contributed by atoms with Gasteiger partial charge in [0, 0.05) is 12.3 Å². The van der Waals surface area contributed by atoms with Crippen LogP contribution in [0.2, 0.25) is 0 Å². The standard InChI is InChI=1S/C23H24N2O4/c1-26-18-7-4-6-17(14-18)23(20-8-2-3-11-24-20)25-12-5-13-27-19-9-10-21-22(15-19)29-16-28-21/h2-4,6-11,14-15,23,25H,5,12-13,16H2,1H3/t23-/m1/s1. The number of pyridine rings is 1. The number of benzene rings is 2. The molecule has 2 heterocycles. The van der Waals surface area contributed by atoms with Gasteiger partial charge >= 0.3 is 0 Å². The maximum absolute atomic E-state index is 5.85. The number of hydrogen-bond donors (Lipinski definition) is 1. The molecular formula is C23H24N2O4. The molecule has 6 nitrogen and oxygen atoms in total. The third-order valence-electron chi connectivity index (χ3n) is 4.69. The number of nitrogens with zero attached hydrogens (tertiary/aromatic N) is 1. The van der Waals surface area contributed by atoms with Gasteiger partial charge < -0.3 is 24.3 Å². The lowest BCUT2D eigenvalue weighted by molar-refractivity contribution is 0.173. The summed E-state index contributed by atoms with van der Waals surface area (Å²) in [7, 11) is 1.68. The van der Waals surface area contributed by atoms with Crippen molar-refractivity contribution in [3.63, 3.8) is 0 Å². The first-order valence-corrected chi connectivity index (χ1v) is 9.64. The highest BCUT2D eigenvalue weighted by Gasteiger charge is 2.16. The Labute approximate surface area is 170 Å². The van der Waals surface area contributed by atoms with Crippen LogP contribution in [-0.2, 0) is 0 Å². The second-order valence-electron chi connectivity index (χ2n) is 6.64. The van der Waals surface area contributed by atoms with E-state index in [1.54, 1.807) is 7.11 Å². The van der Waals surface area contributed by atoms with Crippen molar-refractivity contribution in [3.8, 4) is 23.0 Å². The van der Waals surface area contributed by atoms with Gasteiger partial charge in [-0.2, -0.15) is 0 Å². The molecule has 0 radical (unpaired) electrons. The van der Waals surface area contributed by atoms with Crippen LogP contribution in [0, 0.1) is 0 Å². The monoisotopic (exact) mass is 392 g/mol. The zero-order chi connectivity index (χ0) is 19.9. The van der Waals surface area contributed by atoms with Crippen molar-refractivity contribution in [1.29, 1.82) is 0 Å². The van der Waals surface area contributed by atoms with Crippen molar-refractivity contribution in [2.45, 2.75) is 12.5 Å². The summed E-state index contributed by atoms with van der Waals surface area (Å²) in [5.74, 6) is 3.10. The highest BCUT2D eigenvalue weighted by molar-refractivity contribution is 5.46. The number of rotatable bonds is 9. The van der Waals surface area contributed by atoms with E-state index >= 15 is 0 Å². The summed E-state index contributed by atoms with van der Waals surface area (Å²) >= 11 is 0. The number of fused-ring (bicyclic) bond motifs is 1. The second kappa shape index (κ2) is 9.30. The van der Waals surface area contributed by atoms with Gasteiger partial charge in [0.25, 0.3) is 0 Å². The van der Waals surface area contributed by atoms with Crippen LogP contribution >= 0.6 is 0 Å². The molecule has 4 rings (SSSR count). The van der Waals surface area contributed by atoms with E-state index in [2.05, 4.69) is 16.4 Å². The van der Waals surface area contributed by atoms with Crippen molar-refractivity contribution in [2.24, 2.45) is 0 Å². The molecule has 1 N–H and O–H groups in total. The lowest BCUT2D eigenvalue weighted by atomic mass is 10.0. The minimum Gasteiger partial charge on any atom is -0.497 e. The van der Waals surface area contributed by atoms with Crippen molar-refractivity contribution < 1.29 is 18.9 Å². The van der Waals surface area contributed by atoms with E-state index in [0.717, 1.165) is 47.2 Å². The molecule has 0 spiro atoms. The predicted molar refractivity (Wildman–Crippen MR) is 110 cm³/mol. The van der Waals surface area contributed by atoms with Gasteiger partial charge in [-0.25, -0.2) is 0 Å². The lowest BCUT2D eigenvalue weighted by Crippen LogP contribution is -2.25. The summed E-state index contributed by atoms with van der Waals surface area (Å²) in [5.41, 5.74) is 2.08. The number of hydrogen-bond acceptors (Lipinski definition) is 6. The predicted octanol–water partition coefficient (Wildman–Crippen LogP) is 3.97. The molecule has 150 valence electrons. The average Bonchev–Trinajstić information content (AvgIpc) is 3.25. The molecule has 1 aromatic heterocycles. The summed E-state index contributed by atoms with van der Waals surface area (Å²) in [4.78, 5) is 4.53. The molecule has 3 aromatic rings. The van der Waals surface area contributed by atoms with E-state index in [9.17, 15) is 0 Å². The molecule has 1 aliphatic heterocycles. The topological polar surface area (TPSA) is 61.8 Å². The van der Waals surface area contributed by atoms with Gasteiger partial charge in [-0.15, -0.1) is 0 Å². The first-order valence-electron chi connectivity index (χ1n) is 9.64. The summed E-state index contributed by atoms with van der Waals surface area (Å²) in [6, 6.07) is 19.6. The number of methoxy groups -OCH3 is 1. The van der Waals surface area contributed by atoms with E-state index in [0.29, 0.717) is 6.61 Å². The van der Waals surface area contributed by atoms with Crippen LogP contribution in [0.3, 0.4) is 0 Å². The van der Waals surface area contributed by atoms with Crippen molar-refractivity contribution in [3.05, 3.63) is 78.1 Å². The quantitative estimate of drug-likeness (QED) is 0.556. The highest BCUT2D eigenvalue weighted by atomic mass is 16.7. The lowest BCUT2D eigenvalue weighted by Gasteiger charge is -2.19. The molecule has 0 amide bonds. The number of aromatic nitrogens is 1. The van der Waals surface area contributed by atoms with Gasteiger partial charge in [-0.05, 0) is 54.9 Å². The Bertz CT molecular complexity index is 933. The second-order valence-corrected chi connectivity index (χ2v) is 6.64. The Balaban J connectivity index is 1.34. The molecular weight excluding hydrogens is 368 g/mol. The van der Waals surface area contributed by atoms with Gasteiger partial charge in [-0.1, -0.05) is 18.2 Å². The third kappa shape index (κ3) is 4.78. The Kier molecular flexibility index (Phi) is 6.12. The molecule has 0 unspecified atom stereocenters. The average molecular weight is 392 g/mol. The van der Waals surface area contributed by atoms with Gasteiger partial charge in [0.1, 0.15) is 11.5 Å². The van der Waals surface area contributed by atoms with Crippen molar-refractivity contribution in [1.82, 2.24) is 10.3 Å². The maximum atomic E-state index is 5.85. The van der Waals surface area contributed by atoms with E-state index in [-0.39, 0.29) is 12.8 Å². The Morgan fingerprint density at radius 3 is 2.79 bits per heavy atom.